The van der Waals surface area contributed by atoms with Crippen molar-refractivity contribution in [2.24, 2.45) is 0 Å². The molecule has 0 aliphatic carbocycles. The van der Waals surface area contributed by atoms with Gasteiger partial charge in [0.05, 0.1) is 37.2 Å². The Kier molecular flexibility index (Phi) is 7.84. The molecule has 1 aliphatic rings. The number of morpholine rings is 1. The van der Waals surface area contributed by atoms with Crippen molar-refractivity contribution < 1.29 is 31.1 Å². The number of ether oxygens (including phenoxy) is 1. The third kappa shape index (κ3) is 6.44. The molecule has 0 saturated carbocycles. The fourth-order valence-corrected chi connectivity index (χ4v) is 4.85. The fraction of sp³-hybridized carbons (Fsp3) is 0.267. The summed E-state index contributed by atoms with van der Waals surface area (Å²) in [7, 11) is 0. The summed E-state index contributed by atoms with van der Waals surface area (Å²) in [6.07, 6.45) is -5.80. The van der Waals surface area contributed by atoms with Gasteiger partial charge in [0, 0.05) is 31.4 Å². The van der Waals surface area contributed by atoms with Gasteiger partial charge in [0.1, 0.15) is 11.3 Å². The first-order chi connectivity index (χ1) is 21.0. The number of pyridine rings is 1. The van der Waals surface area contributed by atoms with Crippen molar-refractivity contribution in [1.82, 2.24) is 24.5 Å². The molecule has 0 radical (unpaired) electrons. The van der Waals surface area contributed by atoms with Gasteiger partial charge >= 0.3 is 12.4 Å². The van der Waals surface area contributed by atoms with Crippen LogP contribution < -0.4 is 10.2 Å². The number of hydrogen-bond acceptors (Lipinski definition) is 7. The molecule has 3 aromatic heterocycles. The smallest absolute Gasteiger partial charge is 0.378 e. The van der Waals surface area contributed by atoms with Crippen molar-refractivity contribution in [1.29, 1.82) is 0 Å². The highest BCUT2D eigenvalue weighted by atomic mass is 19.4. The van der Waals surface area contributed by atoms with Crippen LogP contribution in [0.15, 0.2) is 73.2 Å². The summed E-state index contributed by atoms with van der Waals surface area (Å²) in [5.74, 6) is 1.35. The average molecular weight is 614 g/mol. The number of anilines is 2. The molecule has 1 aliphatic heterocycles. The van der Waals surface area contributed by atoms with Crippen LogP contribution >= 0.6 is 0 Å². The van der Waals surface area contributed by atoms with E-state index in [1.165, 1.54) is 24.5 Å². The van der Waals surface area contributed by atoms with Crippen molar-refractivity contribution in [3.63, 3.8) is 0 Å². The molecule has 0 atom stereocenters. The highest BCUT2D eigenvalue weighted by molar-refractivity contribution is 5.85. The lowest BCUT2D eigenvalue weighted by Crippen LogP contribution is -2.36. The molecule has 2 aromatic carbocycles. The van der Waals surface area contributed by atoms with E-state index in [4.69, 9.17) is 9.72 Å². The zero-order valence-corrected chi connectivity index (χ0v) is 23.0. The maximum atomic E-state index is 13.3. The summed E-state index contributed by atoms with van der Waals surface area (Å²) >= 11 is 0. The maximum Gasteiger partial charge on any atom is 0.416 e. The number of alkyl halides is 6. The zero-order valence-electron chi connectivity index (χ0n) is 23.0. The summed E-state index contributed by atoms with van der Waals surface area (Å²) in [6.45, 7) is 2.82. The molecule has 6 rings (SSSR count). The summed E-state index contributed by atoms with van der Waals surface area (Å²) in [5, 5.41) is 3.10. The van der Waals surface area contributed by atoms with Crippen LogP contribution in [0, 0.1) is 0 Å². The number of aromatic nitrogens is 5. The van der Waals surface area contributed by atoms with Gasteiger partial charge in [-0.2, -0.15) is 26.3 Å². The largest absolute Gasteiger partial charge is 0.416 e. The van der Waals surface area contributed by atoms with E-state index in [9.17, 15) is 26.3 Å². The zero-order chi connectivity index (χ0) is 30.9. The Labute approximate surface area is 247 Å². The second kappa shape index (κ2) is 11.8. The molecule has 1 saturated heterocycles. The molecule has 228 valence electrons. The van der Waals surface area contributed by atoms with Crippen molar-refractivity contribution >= 4 is 22.8 Å². The molecular formula is C30H25F6N7O. The minimum atomic E-state index is -4.48. The lowest BCUT2D eigenvalue weighted by Gasteiger charge is -2.27. The first-order valence-electron chi connectivity index (χ1n) is 13.6. The minimum Gasteiger partial charge on any atom is -0.378 e. The number of halogens is 6. The van der Waals surface area contributed by atoms with Crippen LogP contribution in [-0.2, 0) is 30.2 Å². The SMILES string of the molecule is FC(F)(F)c1ccc(Cn2cnc3c(NCc4cccc(C(F)(F)F)c4)nc(-c4ccc(N5CCOCC5)nc4)nc32)cc1. The van der Waals surface area contributed by atoms with Gasteiger partial charge in [-0.15, -0.1) is 0 Å². The maximum absolute atomic E-state index is 13.3. The summed E-state index contributed by atoms with van der Waals surface area (Å²) in [6, 6.07) is 13.4. The Balaban J connectivity index is 1.34. The van der Waals surface area contributed by atoms with Crippen LogP contribution in [0.1, 0.15) is 22.3 Å². The molecule has 14 heteroatoms. The number of nitrogens with zero attached hydrogens (tertiary/aromatic N) is 6. The summed E-state index contributed by atoms with van der Waals surface area (Å²) < 4.78 is 86.0. The van der Waals surface area contributed by atoms with Crippen LogP contribution in [0.5, 0.6) is 0 Å². The molecule has 1 fully saturated rings. The van der Waals surface area contributed by atoms with E-state index in [2.05, 4.69) is 25.2 Å². The molecule has 0 unspecified atom stereocenters. The standard InChI is InChI=1S/C30H25F6N7O/c31-29(32,33)22-7-4-19(5-8-22)17-43-18-39-25-27(38-15-20-2-1-3-23(14-20)30(34,35)36)40-26(41-28(25)43)21-6-9-24(37-16-21)42-10-12-44-13-11-42/h1-9,14,16,18H,10-13,15,17H2,(H,38,40,41). The number of hydrogen-bond donors (Lipinski definition) is 1. The van der Waals surface area contributed by atoms with Crippen LogP contribution in [0.3, 0.4) is 0 Å². The number of benzene rings is 2. The molecule has 0 bridgehead atoms. The Morgan fingerprint density at radius 2 is 1.55 bits per heavy atom. The summed E-state index contributed by atoms with van der Waals surface area (Å²) in [4.78, 5) is 20.4. The monoisotopic (exact) mass is 613 g/mol. The van der Waals surface area contributed by atoms with Gasteiger partial charge in [0.2, 0.25) is 0 Å². The van der Waals surface area contributed by atoms with E-state index < -0.39 is 23.5 Å². The summed E-state index contributed by atoms with van der Waals surface area (Å²) in [5.41, 5.74) is 0.784. The fourth-order valence-electron chi connectivity index (χ4n) is 4.85. The van der Waals surface area contributed by atoms with E-state index in [-0.39, 0.29) is 18.9 Å². The van der Waals surface area contributed by atoms with Crippen LogP contribution in [-0.4, -0.2) is 50.8 Å². The van der Waals surface area contributed by atoms with E-state index in [1.807, 2.05) is 12.1 Å². The Hall–Kier alpha value is -4.72. The van der Waals surface area contributed by atoms with Crippen molar-refractivity contribution in [2.45, 2.75) is 25.4 Å². The predicted octanol–water partition coefficient (Wildman–Crippen LogP) is 6.42. The number of nitrogens with one attached hydrogen (secondary N) is 1. The number of fused-ring (bicyclic) bond motifs is 1. The van der Waals surface area contributed by atoms with Gasteiger partial charge in [0.25, 0.3) is 0 Å². The van der Waals surface area contributed by atoms with E-state index in [0.29, 0.717) is 60.0 Å². The highest BCUT2D eigenvalue weighted by Crippen LogP contribution is 2.31. The molecule has 4 heterocycles. The first kappa shape index (κ1) is 29.4. The molecule has 44 heavy (non-hydrogen) atoms. The Morgan fingerprint density at radius 3 is 2.23 bits per heavy atom. The van der Waals surface area contributed by atoms with E-state index >= 15 is 0 Å². The van der Waals surface area contributed by atoms with Crippen molar-refractivity contribution in [2.75, 3.05) is 36.5 Å². The number of imidazole rings is 1. The first-order valence-corrected chi connectivity index (χ1v) is 13.6. The molecule has 0 spiro atoms. The molecule has 8 nitrogen and oxygen atoms in total. The van der Waals surface area contributed by atoms with E-state index in [0.717, 1.165) is 30.1 Å². The lowest BCUT2D eigenvalue weighted by atomic mass is 10.1. The third-order valence-corrected chi connectivity index (χ3v) is 7.15. The average Bonchev–Trinajstić information content (AvgIpc) is 3.42. The lowest BCUT2D eigenvalue weighted by molar-refractivity contribution is -0.138. The Bertz CT molecular complexity index is 1750. The van der Waals surface area contributed by atoms with Crippen LogP contribution in [0.4, 0.5) is 38.0 Å². The Morgan fingerprint density at radius 1 is 0.795 bits per heavy atom. The van der Waals surface area contributed by atoms with Gasteiger partial charge in [-0.25, -0.2) is 19.9 Å². The van der Waals surface area contributed by atoms with Gasteiger partial charge < -0.3 is 19.5 Å². The predicted molar refractivity (Wildman–Crippen MR) is 151 cm³/mol. The topological polar surface area (TPSA) is 81.0 Å². The molecule has 5 aromatic rings. The van der Waals surface area contributed by atoms with Gasteiger partial charge in [-0.1, -0.05) is 24.3 Å². The molecule has 0 amide bonds. The minimum absolute atomic E-state index is 0.0233. The van der Waals surface area contributed by atoms with Gasteiger partial charge in [-0.3, -0.25) is 0 Å². The molecular weight excluding hydrogens is 588 g/mol. The number of rotatable bonds is 7. The molecule has 1 N–H and O–H groups in total. The second-order valence-electron chi connectivity index (χ2n) is 10.2. The third-order valence-electron chi connectivity index (χ3n) is 7.15. The van der Waals surface area contributed by atoms with Gasteiger partial charge in [0.15, 0.2) is 17.3 Å². The second-order valence-corrected chi connectivity index (χ2v) is 10.2. The van der Waals surface area contributed by atoms with E-state index in [1.54, 1.807) is 16.8 Å². The van der Waals surface area contributed by atoms with Crippen molar-refractivity contribution in [3.8, 4) is 11.4 Å². The van der Waals surface area contributed by atoms with Crippen LogP contribution in [0.25, 0.3) is 22.6 Å². The van der Waals surface area contributed by atoms with Crippen LogP contribution in [0.2, 0.25) is 0 Å². The van der Waals surface area contributed by atoms with Gasteiger partial charge in [-0.05, 0) is 47.5 Å². The normalized spacial score (nSPS) is 14.3. The quantitative estimate of drug-likeness (QED) is 0.212. The van der Waals surface area contributed by atoms with Crippen molar-refractivity contribution in [3.05, 3.63) is 95.4 Å². The highest BCUT2D eigenvalue weighted by Gasteiger charge is 2.31.